The summed E-state index contributed by atoms with van der Waals surface area (Å²) in [7, 11) is -2.48. The number of rotatable bonds is 7. The molecule has 25 heavy (non-hydrogen) atoms. The van der Waals surface area contributed by atoms with E-state index < -0.39 is 10.0 Å². The van der Waals surface area contributed by atoms with Crippen molar-refractivity contribution in [1.29, 1.82) is 0 Å². The molecule has 0 spiro atoms. The van der Waals surface area contributed by atoms with E-state index in [0.717, 1.165) is 0 Å². The van der Waals surface area contributed by atoms with Crippen LogP contribution in [0.15, 0.2) is 47.4 Å². The number of ether oxygens (including phenoxy) is 2. The van der Waals surface area contributed by atoms with E-state index in [1.165, 1.54) is 25.3 Å². The van der Waals surface area contributed by atoms with E-state index in [9.17, 15) is 13.2 Å². The molecule has 9 heteroatoms. The lowest BCUT2D eigenvalue weighted by Gasteiger charge is -2.12. The fraction of sp³-hybridized carbons (Fsp3) is 0.188. The zero-order chi connectivity index (χ0) is 18.4. The number of nitrogens with one attached hydrogen (secondary N) is 1. The van der Waals surface area contributed by atoms with Crippen LogP contribution in [0.2, 0.25) is 5.02 Å². The van der Waals surface area contributed by atoms with Crippen LogP contribution in [0, 0.1) is 0 Å². The summed E-state index contributed by atoms with van der Waals surface area (Å²) in [5.41, 5.74) is 0.210. The van der Waals surface area contributed by atoms with E-state index in [4.69, 9.17) is 26.2 Å². The topological polar surface area (TPSA) is 108 Å². The molecule has 0 aliphatic carbocycles. The van der Waals surface area contributed by atoms with Crippen molar-refractivity contribution in [3.8, 4) is 11.5 Å². The predicted molar refractivity (Wildman–Crippen MR) is 94.6 cm³/mol. The Kier molecular flexibility index (Phi) is 6.24. The van der Waals surface area contributed by atoms with Crippen LogP contribution >= 0.6 is 11.6 Å². The Morgan fingerprint density at radius 3 is 2.64 bits per heavy atom. The van der Waals surface area contributed by atoms with Gasteiger partial charge in [0, 0.05) is 5.02 Å². The van der Waals surface area contributed by atoms with E-state index in [2.05, 4.69) is 5.32 Å². The monoisotopic (exact) mass is 384 g/mol. The van der Waals surface area contributed by atoms with E-state index in [1.807, 2.05) is 0 Å². The van der Waals surface area contributed by atoms with Crippen molar-refractivity contribution in [2.75, 3.05) is 19.0 Å². The van der Waals surface area contributed by atoms with Gasteiger partial charge in [-0.15, -0.1) is 0 Å². The highest BCUT2D eigenvalue weighted by molar-refractivity contribution is 7.89. The molecule has 0 unspecified atom stereocenters. The largest absolute Gasteiger partial charge is 0.495 e. The van der Waals surface area contributed by atoms with Crippen LogP contribution in [0.3, 0.4) is 0 Å². The molecule has 0 fully saturated rings. The van der Waals surface area contributed by atoms with Gasteiger partial charge in [0.05, 0.1) is 30.7 Å². The van der Waals surface area contributed by atoms with E-state index in [0.29, 0.717) is 16.5 Å². The van der Waals surface area contributed by atoms with Crippen LogP contribution in [-0.4, -0.2) is 28.0 Å². The molecule has 0 atom stereocenters. The SMILES string of the molecule is COc1ccc(S(N)(=O)=O)cc1NC(=O)CCOc1cccc(Cl)c1. The van der Waals surface area contributed by atoms with E-state index in [-0.39, 0.29) is 29.5 Å². The predicted octanol–water partition coefficient (Wildman–Crippen LogP) is 2.40. The number of anilines is 1. The minimum Gasteiger partial charge on any atom is -0.495 e. The highest BCUT2D eigenvalue weighted by atomic mass is 35.5. The minimum absolute atomic E-state index is 0.0509. The molecular formula is C16H17ClN2O5S. The van der Waals surface area contributed by atoms with Gasteiger partial charge in [-0.25, -0.2) is 13.6 Å². The first kappa shape index (κ1) is 19.0. The van der Waals surface area contributed by atoms with Gasteiger partial charge in [0.25, 0.3) is 0 Å². The second-order valence-corrected chi connectivity index (χ2v) is 7.01. The zero-order valence-corrected chi connectivity index (χ0v) is 14.9. The summed E-state index contributed by atoms with van der Waals surface area (Å²) in [5.74, 6) is 0.498. The molecule has 0 aliphatic rings. The van der Waals surface area contributed by atoms with Crippen molar-refractivity contribution in [2.45, 2.75) is 11.3 Å². The summed E-state index contributed by atoms with van der Waals surface area (Å²) in [4.78, 5) is 11.9. The number of amides is 1. The molecule has 0 aliphatic heterocycles. The first-order valence-electron chi connectivity index (χ1n) is 7.18. The van der Waals surface area contributed by atoms with Crippen molar-refractivity contribution >= 4 is 33.2 Å². The molecule has 0 saturated carbocycles. The van der Waals surface area contributed by atoms with Crippen molar-refractivity contribution in [3.63, 3.8) is 0 Å². The van der Waals surface area contributed by atoms with Crippen LogP contribution in [0.5, 0.6) is 11.5 Å². The smallest absolute Gasteiger partial charge is 0.238 e. The third-order valence-corrected chi connectivity index (χ3v) is 4.31. The maximum absolute atomic E-state index is 12.0. The van der Waals surface area contributed by atoms with Crippen LogP contribution in [0.4, 0.5) is 5.69 Å². The van der Waals surface area contributed by atoms with Gasteiger partial charge in [0.2, 0.25) is 15.9 Å². The molecule has 0 heterocycles. The fourth-order valence-corrected chi connectivity index (χ4v) is 2.71. The third-order valence-electron chi connectivity index (χ3n) is 3.17. The van der Waals surface area contributed by atoms with Crippen molar-refractivity contribution in [3.05, 3.63) is 47.5 Å². The highest BCUT2D eigenvalue weighted by Crippen LogP contribution is 2.27. The van der Waals surface area contributed by atoms with E-state index in [1.54, 1.807) is 24.3 Å². The van der Waals surface area contributed by atoms with Gasteiger partial charge in [-0.05, 0) is 36.4 Å². The molecule has 3 N–H and O–H groups in total. The number of methoxy groups -OCH3 is 1. The Morgan fingerprint density at radius 2 is 2.00 bits per heavy atom. The number of benzene rings is 2. The standard InChI is InChI=1S/C16H17ClN2O5S/c1-23-15-6-5-13(25(18,21)22)10-14(15)19-16(20)7-8-24-12-4-2-3-11(17)9-12/h2-6,9-10H,7-8H2,1H3,(H,19,20)(H2,18,21,22). The normalized spacial score (nSPS) is 11.0. The summed E-state index contributed by atoms with van der Waals surface area (Å²) in [6, 6.07) is 10.8. The third kappa shape index (κ3) is 5.63. The summed E-state index contributed by atoms with van der Waals surface area (Å²) in [6.07, 6.45) is 0.0509. The minimum atomic E-state index is -3.89. The number of carbonyl (C=O) groups excluding carboxylic acids is 1. The summed E-state index contributed by atoms with van der Waals surface area (Å²) in [5, 5.41) is 8.21. The number of halogens is 1. The van der Waals surface area contributed by atoms with Gasteiger partial charge in [-0.2, -0.15) is 0 Å². The number of carbonyl (C=O) groups is 1. The second-order valence-electron chi connectivity index (χ2n) is 5.01. The Bertz CT molecular complexity index is 871. The number of nitrogens with two attached hydrogens (primary N) is 1. The van der Waals surface area contributed by atoms with Gasteiger partial charge in [-0.1, -0.05) is 17.7 Å². The molecule has 2 aromatic carbocycles. The summed E-state index contributed by atoms with van der Waals surface area (Å²) < 4.78 is 33.4. The van der Waals surface area contributed by atoms with Gasteiger partial charge >= 0.3 is 0 Å². The van der Waals surface area contributed by atoms with Gasteiger partial charge in [0.15, 0.2) is 0 Å². The summed E-state index contributed by atoms with van der Waals surface area (Å²) >= 11 is 5.85. The van der Waals surface area contributed by atoms with Gasteiger partial charge < -0.3 is 14.8 Å². The number of primary sulfonamides is 1. The Labute approximate surface area is 150 Å². The van der Waals surface area contributed by atoms with Crippen molar-refractivity contribution < 1.29 is 22.7 Å². The molecule has 2 aromatic rings. The Balaban J connectivity index is 1.99. The lowest BCUT2D eigenvalue weighted by Crippen LogP contribution is -2.17. The molecule has 0 aromatic heterocycles. The fourth-order valence-electron chi connectivity index (χ4n) is 1.99. The average molecular weight is 385 g/mol. The Morgan fingerprint density at radius 1 is 1.24 bits per heavy atom. The highest BCUT2D eigenvalue weighted by Gasteiger charge is 2.14. The average Bonchev–Trinajstić information content (AvgIpc) is 2.54. The lowest BCUT2D eigenvalue weighted by atomic mass is 10.2. The molecule has 1 amide bonds. The first-order chi connectivity index (χ1) is 11.8. The molecule has 0 bridgehead atoms. The van der Waals surface area contributed by atoms with E-state index >= 15 is 0 Å². The molecule has 7 nitrogen and oxygen atoms in total. The lowest BCUT2D eigenvalue weighted by molar-refractivity contribution is -0.116. The molecule has 0 radical (unpaired) electrons. The van der Waals surface area contributed by atoms with Gasteiger partial charge in [-0.3, -0.25) is 4.79 Å². The number of hydrogen-bond acceptors (Lipinski definition) is 5. The quantitative estimate of drug-likeness (QED) is 0.762. The molecular weight excluding hydrogens is 368 g/mol. The first-order valence-corrected chi connectivity index (χ1v) is 9.11. The van der Waals surface area contributed by atoms with Crippen molar-refractivity contribution in [2.24, 2.45) is 5.14 Å². The van der Waals surface area contributed by atoms with Gasteiger partial charge in [0.1, 0.15) is 11.5 Å². The van der Waals surface area contributed by atoms with Crippen LogP contribution in [0.1, 0.15) is 6.42 Å². The maximum atomic E-state index is 12.0. The van der Waals surface area contributed by atoms with Crippen LogP contribution < -0.4 is 19.9 Å². The van der Waals surface area contributed by atoms with Crippen LogP contribution in [-0.2, 0) is 14.8 Å². The second kappa shape index (κ2) is 8.19. The molecule has 134 valence electrons. The summed E-state index contributed by atoms with van der Waals surface area (Å²) in [6.45, 7) is 0.128. The molecule has 2 rings (SSSR count). The number of sulfonamides is 1. The molecule has 0 saturated heterocycles. The van der Waals surface area contributed by atoms with Crippen molar-refractivity contribution in [1.82, 2.24) is 0 Å². The Hall–Kier alpha value is -2.29. The maximum Gasteiger partial charge on any atom is 0.238 e. The zero-order valence-electron chi connectivity index (χ0n) is 13.4. The van der Waals surface area contributed by atoms with Crippen LogP contribution in [0.25, 0.3) is 0 Å². The number of hydrogen-bond donors (Lipinski definition) is 2.